The molecule has 2 rings (SSSR count). The van der Waals surface area contributed by atoms with Crippen molar-refractivity contribution in [1.82, 2.24) is 0 Å². The summed E-state index contributed by atoms with van der Waals surface area (Å²) < 4.78 is 0. The maximum atomic E-state index is 6.10. The van der Waals surface area contributed by atoms with Crippen molar-refractivity contribution in [1.29, 1.82) is 0 Å². The Morgan fingerprint density at radius 1 is 1.33 bits per heavy atom. The summed E-state index contributed by atoms with van der Waals surface area (Å²) in [6, 6.07) is 5.68. The first kappa shape index (κ1) is 11.8. The minimum atomic E-state index is 0.646. The van der Waals surface area contributed by atoms with Crippen molar-refractivity contribution < 1.29 is 0 Å². The Bertz CT molecular complexity index is 347. The fourth-order valence-corrected chi connectivity index (χ4v) is 2.89. The average Bonchev–Trinajstić information content (AvgIpc) is 3.02. The van der Waals surface area contributed by atoms with Gasteiger partial charge in [0.25, 0.3) is 0 Å². The van der Waals surface area contributed by atoms with Gasteiger partial charge in [-0.15, -0.1) is 0 Å². The molecule has 0 spiro atoms. The maximum Gasteiger partial charge on any atom is 0.0439 e. The molecule has 15 heavy (non-hydrogen) atoms. The maximum absolute atomic E-state index is 6.10. The lowest BCUT2D eigenvalue weighted by Crippen LogP contribution is -2.02. The molecule has 1 unspecified atom stereocenters. The highest BCUT2D eigenvalue weighted by Gasteiger charge is 2.28. The number of hydrogen-bond donors (Lipinski definition) is 0. The van der Waals surface area contributed by atoms with Crippen LogP contribution in [-0.2, 0) is 6.42 Å². The molecule has 1 atom stereocenters. The third kappa shape index (κ3) is 3.37. The SMILES string of the molecule is Clc1ccc(Cl)c(CCC(Br)C2CC2)c1. The number of alkyl halides is 1. The summed E-state index contributed by atoms with van der Waals surface area (Å²) in [4.78, 5) is 0.646. The Hall–Kier alpha value is 0.280. The summed E-state index contributed by atoms with van der Waals surface area (Å²) in [5.74, 6) is 0.892. The molecule has 0 saturated heterocycles. The lowest BCUT2D eigenvalue weighted by Gasteiger charge is -2.09. The molecule has 1 saturated carbocycles. The molecule has 0 heterocycles. The van der Waals surface area contributed by atoms with Gasteiger partial charge in [-0.2, -0.15) is 0 Å². The van der Waals surface area contributed by atoms with E-state index in [1.165, 1.54) is 12.8 Å². The lowest BCUT2D eigenvalue weighted by atomic mass is 10.1. The van der Waals surface area contributed by atoms with E-state index in [4.69, 9.17) is 23.2 Å². The Morgan fingerprint density at radius 3 is 2.73 bits per heavy atom. The van der Waals surface area contributed by atoms with E-state index in [0.29, 0.717) is 4.83 Å². The van der Waals surface area contributed by atoms with Crippen molar-refractivity contribution in [2.75, 3.05) is 0 Å². The van der Waals surface area contributed by atoms with Gasteiger partial charge in [0, 0.05) is 14.9 Å². The van der Waals surface area contributed by atoms with E-state index in [2.05, 4.69) is 15.9 Å². The molecule has 1 aromatic rings. The summed E-state index contributed by atoms with van der Waals surface area (Å²) >= 11 is 15.8. The summed E-state index contributed by atoms with van der Waals surface area (Å²) in [7, 11) is 0. The third-order valence-corrected chi connectivity index (χ3v) is 4.64. The normalized spacial score (nSPS) is 17.8. The van der Waals surface area contributed by atoms with Gasteiger partial charge < -0.3 is 0 Å². The van der Waals surface area contributed by atoms with Gasteiger partial charge in [0.15, 0.2) is 0 Å². The number of halogens is 3. The predicted molar refractivity (Wildman–Crippen MR) is 70.2 cm³/mol. The monoisotopic (exact) mass is 306 g/mol. The summed E-state index contributed by atoms with van der Waals surface area (Å²) in [6.45, 7) is 0. The molecule has 1 aromatic carbocycles. The molecule has 1 aliphatic carbocycles. The van der Waals surface area contributed by atoms with Crippen LogP contribution in [0.15, 0.2) is 18.2 Å². The first-order chi connectivity index (χ1) is 7.16. The quantitative estimate of drug-likeness (QED) is 0.679. The first-order valence-electron chi connectivity index (χ1n) is 5.25. The highest BCUT2D eigenvalue weighted by atomic mass is 79.9. The molecule has 1 aliphatic rings. The van der Waals surface area contributed by atoms with Gasteiger partial charge in [-0.05, 0) is 55.4 Å². The standard InChI is InChI=1S/C12H13BrCl2/c13-11(8-1-2-8)5-3-9-7-10(14)4-6-12(9)15/h4,6-8,11H,1-3,5H2. The number of rotatable bonds is 4. The molecule has 0 bridgehead atoms. The van der Waals surface area contributed by atoms with Crippen molar-refractivity contribution >= 4 is 39.1 Å². The Morgan fingerprint density at radius 2 is 2.07 bits per heavy atom. The Kier molecular flexibility index (Phi) is 3.98. The van der Waals surface area contributed by atoms with Crippen LogP contribution in [0, 0.1) is 5.92 Å². The van der Waals surface area contributed by atoms with E-state index in [1.54, 1.807) is 0 Å². The molecular formula is C12H13BrCl2. The summed E-state index contributed by atoms with van der Waals surface area (Å²) in [6.07, 6.45) is 4.90. The number of aryl methyl sites for hydroxylation is 1. The molecule has 82 valence electrons. The van der Waals surface area contributed by atoms with Gasteiger partial charge in [0.05, 0.1) is 0 Å². The number of benzene rings is 1. The molecule has 0 aliphatic heterocycles. The van der Waals surface area contributed by atoms with Crippen LogP contribution in [0.25, 0.3) is 0 Å². The fraction of sp³-hybridized carbons (Fsp3) is 0.500. The minimum absolute atomic E-state index is 0.646. The zero-order valence-electron chi connectivity index (χ0n) is 8.35. The van der Waals surface area contributed by atoms with E-state index in [1.807, 2.05) is 18.2 Å². The van der Waals surface area contributed by atoms with Gasteiger partial charge >= 0.3 is 0 Å². The molecule has 0 N–H and O–H groups in total. The predicted octanol–water partition coefficient (Wildman–Crippen LogP) is 5.10. The molecule has 0 aromatic heterocycles. The molecule has 3 heteroatoms. The highest BCUT2D eigenvalue weighted by molar-refractivity contribution is 9.09. The van der Waals surface area contributed by atoms with Crippen molar-refractivity contribution in [2.45, 2.75) is 30.5 Å². The van der Waals surface area contributed by atoms with Crippen LogP contribution in [0.2, 0.25) is 10.0 Å². The second-order valence-corrected chi connectivity index (χ2v) is 6.15. The van der Waals surface area contributed by atoms with Crippen LogP contribution in [-0.4, -0.2) is 4.83 Å². The topological polar surface area (TPSA) is 0 Å². The minimum Gasteiger partial charge on any atom is -0.0888 e. The molecule has 0 radical (unpaired) electrons. The van der Waals surface area contributed by atoms with E-state index in [0.717, 1.165) is 34.4 Å². The van der Waals surface area contributed by atoms with E-state index in [9.17, 15) is 0 Å². The van der Waals surface area contributed by atoms with Crippen molar-refractivity contribution in [3.8, 4) is 0 Å². The van der Waals surface area contributed by atoms with Gasteiger partial charge in [0.1, 0.15) is 0 Å². The number of hydrogen-bond acceptors (Lipinski definition) is 0. The molecular weight excluding hydrogens is 295 g/mol. The molecule has 0 nitrogen and oxygen atoms in total. The molecule has 1 fully saturated rings. The average molecular weight is 308 g/mol. The van der Waals surface area contributed by atoms with Gasteiger partial charge in [-0.3, -0.25) is 0 Å². The van der Waals surface area contributed by atoms with Crippen LogP contribution < -0.4 is 0 Å². The Balaban J connectivity index is 1.94. The van der Waals surface area contributed by atoms with Crippen LogP contribution in [0.5, 0.6) is 0 Å². The van der Waals surface area contributed by atoms with Crippen molar-refractivity contribution in [3.63, 3.8) is 0 Å². The highest BCUT2D eigenvalue weighted by Crippen LogP contribution is 2.39. The van der Waals surface area contributed by atoms with Gasteiger partial charge in [-0.1, -0.05) is 39.1 Å². The first-order valence-corrected chi connectivity index (χ1v) is 6.92. The summed E-state index contributed by atoms with van der Waals surface area (Å²) in [5, 5.41) is 1.60. The Labute approximate surface area is 109 Å². The third-order valence-electron chi connectivity index (χ3n) is 2.83. The van der Waals surface area contributed by atoms with Crippen LogP contribution in [0.4, 0.5) is 0 Å². The lowest BCUT2D eigenvalue weighted by molar-refractivity contribution is 0.696. The van der Waals surface area contributed by atoms with Crippen LogP contribution in [0.1, 0.15) is 24.8 Å². The van der Waals surface area contributed by atoms with Crippen LogP contribution >= 0.6 is 39.1 Å². The fourth-order valence-electron chi connectivity index (χ4n) is 1.72. The van der Waals surface area contributed by atoms with Gasteiger partial charge in [-0.25, -0.2) is 0 Å². The van der Waals surface area contributed by atoms with E-state index < -0.39 is 0 Å². The van der Waals surface area contributed by atoms with Crippen molar-refractivity contribution in [2.24, 2.45) is 5.92 Å². The zero-order valence-corrected chi connectivity index (χ0v) is 11.4. The van der Waals surface area contributed by atoms with Crippen LogP contribution in [0.3, 0.4) is 0 Å². The smallest absolute Gasteiger partial charge is 0.0439 e. The van der Waals surface area contributed by atoms with E-state index >= 15 is 0 Å². The largest absolute Gasteiger partial charge is 0.0888 e. The van der Waals surface area contributed by atoms with Crippen molar-refractivity contribution in [3.05, 3.63) is 33.8 Å². The van der Waals surface area contributed by atoms with Gasteiger partial charge in [0.2, 0.25) is 0 Å². The second-order valence-electron chi connectivity index (χ2n) is 4.13. The molecule has 0 amide bonds. The second kappa shape index (κ2) is 5.07. The van der Waals surface area contributed by atoms with E-state index in [-0.39, 0.29) is 0 Å². The zero-order chi connectivity index (χ0) is 10.8. The summed E-state index contributed by atoms with van der Waals surface area (Å²) in [5.41, 5.74) is 1.16.